The molecule has 0 radical (unpaired) electrons. The van der Waals surface area contributed by atoms with Gasteiger partial charge in [0.25, 0.3) is 0 Å². The molecule has 2 heterocycles. The number of nitrogens with one attached hydrogen (secondary N) is 1. The SMILES string of the molecule is CCCCNc1ncnc2nc(-c3ccccc3OC)cc(-c3ccc(Br)cc3)c12. The first-order valence-electron chi connectivity index (χ1n) is 10.00. The Morgan fingerprint density at radius 3 is 2.57 bits per heavy atom. The molecule has 0 saturated carbocycles. The van der Waals surface area contributed by atoms with Crippen molar-refractivity contribution < 1.29 is 4.74 Å². The maximum absolute atomic E-state index is 5.57. The molecule has 152 valence electrons. The summed E-state index contributed by atoms with van der Waals surface area (Å²) in [5.41, 5.74) is 4.52. The highest BCUT2D eigenvalue weighted by molar-refractivity contribution is 9.10. The van der Waals surface area contributed by atoms with Crippen LogP contribution in [0.5, 0.6) is 5.75 Å². The molecule has 4 aromatic rings. The summed E-state index contributed by atoms with van der Waals surface area (Å²) in [4.78, 5) is 13.9. The van der Waals surface area contributed by atoms with Gasteiger partial charge in [-0.25, -0.2) is 15.0 Å². The van der Waals surface area contributed by atoms with Crippen molar-refractivity contribution in [2.45, 2.75) is 19.8 Å². The number of ether oxygens (including phenoxy) is 1. The number of nitrogens with zero attached hydrogens (tertiary/aromatic N) is 3. The Bertz CT molecular complexity index is 1160. The zero-order chi connectivity index (χ0) is 20.9. The van der Waals surface area contributed by atoms with E-state index in [1.165, 1.54) is 0 Å². The number of halogens is 1. The monoisotopic (exact) mass is 462 g/mol. The molecule has 1 N–H and O–H groups in total. The topological polar surface area (TPSA) is 59.9 Å². The molecule has 0 aliphatic heterocycles. The molecule has 6 heteroatoms. The second-order valence-electron chi connectivity index (χ2n) is 6.96. The Morgan fingerprint density at radius 1 is 1.00 bits per heavy atom. The third-order valence-corrected chi connectivity index (χ3v) is 5.49. The molecular weight excluding hydrogens is 440 g/mol. The summed E-state index contributed by atoms with van der Waals surface area (Å²) in [7, 11) is 1.67. The molecule has 2 aromatic carbocycles. The summed E-state index contributed by atoms with van der Waals surface area (Å²) in [6, 6.07) is 18.3. The summed E-state index contributed by atoms with van der Waals surface area (Å²) >= 11 is 3.53. The minimum absolute atomic E-state index is 0.658. The van der Waals surface area contributed by atoms with Crippen LogP contribution >= 0.6 is 15.9 Å². The van der Waals surface area contributed by atoms with Gasteiger partial charge >= 0.3 is 0 Å². The number of methoxy groups -OCH3 is 1. The third-order valence-electron chi connectivity index (χ3n) is 4.96. The van der Waals surface area contributed by atoms with E-state index >= 15 is 0 Å². The van der Waals surface area contributed by atoms with Crippen molar-refractivity contribution in [2.75, 3.05) is 19.0 Å². The Hall–Kier alpha value is -2.99. The Kier molecular flexibility index (Phi) is 6.23. The van der Waals surface area contributed by atoms with Crippen LogP contribution in [0.15, 0.2) is 65.4 Å². The lowest BCUT2D eigenvalue weighted by Crippen LogP contribution is -2.05. The van der Waals surface area contributed by atoms with Gasteiger partial charge in [0.05, 0.1) is 18.2 Å². The molecule has 0 unspecified atom stereocenters. The first-order valence-corrected chi connectivity index (χ1v) is 10.8. The van der Waals surface area contributed by atoms with E-state index in [1.54, 1.807) is 13.4 Å². The molecule has 0 spiro atoms. The van der Waals surface area contributed by atoms with Crippen LogP contribution in [-0.2, 0) is 0 Å². The normalized spacial score (nSPS) is 10.9. The van der Waals surface area contributed by atoms with Crippen LogP contribution in [0, 0.1) is 0 Å². The maximum Gasteiger partial charge on any atom is 0.165 e. The quantitative estimate of drug-likeness (QED) is 0.324. The van der Waals surface area contributed by atoms with Crippen LogP contribution in [-0.4, -0.2) is 28.6 Å². The van der Waals surface area contributed by atoms with E-state index in [4.69, 9.17) is 9.72 Å². The van der Waals surface area contributed by atoms with Crippen molar-refractivity contribution in [2.24, 2.45) is 0 Å². The minimum Gasteiger partial charge on any atom is -0.496 e. The van der Waals surface area contributed by atoms with Crippen molar-refractivity contribution in [1.29, 1.82) is 0 Å². The summed E-state index contributed by atoms with van der Waals surface area (Å²) in [5, 5.41) is 4.39. The van der Waals surface area contributed by atoms with E-state index in [9.17, 15) is 0 Å². The molecule has 0 bridgehead atoms. The predicted octanol–water partition coefficient (Wildman–Crippen LogP) is 6.34. The summed E-state index contributed by atoms with van der Waals surface area (Å²) in [5.74, 6) is 1.59. The van der Waals surface area contributed by atoms with E-state index in [0.29, 0.717) is 5.65 Å². The number of para-hydroxylation sites is 1. The molecule has 0 amide bonds. The number of unbranched alkanes of at least 4 members (excludes halogenated alkanes) is 1. The van der Waals surface area contributed by atoms with Gasteiger partial charge in [0.2, 0.25) is 0 Å². The molecule has 0 atom stereocenters. The highest BCUT2D eigenvalue weighted by Gasteiger charge is 2.16. The fourth-order valence-electron chi connectivity index (χ4n) is 3.43. The first-order chi connectivity index (χ1) is 14.7. The van der Waals surface area contributed by atoms with E-state index in [0.717, 1.165) is 63.2 Å². The van der Waals surface area contributed by atoms with Crippen molar-refractivity contribution in [1.82, 2.24) is 15.0 Å². The summed E-state index contributed by atoms with van der Waals surface area (Å²) in [6.07, 6.45) is 3.76. The van der Waals surface area contributed by atoms with Gasteiger partial charge < -0.3 is 10.1 Å². The molecule has 0 saturated heterocycles. The van der Waals surface area contributed by atoms with Gasteiger partial charge in [-0.3, -0.25) is 0 Å². The summed E-state index contributed by atoms with van der Waals surface area (Å²) < 4.78 is 6.61. The molecule has 0 aliphatic carbocycles. The van der Waals surface area contributed by atoms with E-state index < -0.39 is 0 Å². The lowest BCUT2D eigenvalue weighted by molar-refractivity contribution is 0.416. The number of benzene rings is 2. The maximum atomic E-state index is 5.57. The van der Waals surface area contributed by atoms with Crippen LogP contribution in [0.25, 0.3) is 33.4 Å². The number of rotatable bonds is 7. The van der Waals surface area contributed by atoms with Gasteiger partial charge in [-0.1, -0.05) is 53.5 Å². The van der Waals surface area contributed by atoms with Crippen molar-refractivity contribution in [3.05, 3.63) is 65.4 Å². The second-order valence-corrected chi connectivity index (χ2v) is 7.88. The van der Waals surface area contributed by atoms with Crippen LogP contribution in [0.2, 0.25) is 0 Å². The van der Waals surface area contributed by atoms with E-state index in [-0.39, 0.29) is 0 Å². The minimum atomic E-state index is 0.658. The zero-order valence-electron chi connectivity index (χ0n) is 17.0. The Balaban J connectivity index is 1.96. The molecule has 0 aliphatic rings. The summed E-state index contributed by atoms with van der Waals surface area (Å²) in [6.45, 7) is 3.03. The van der Waals surface area contributed by atoms with Crippen molar-refractivity contribution in [3.63, 3.8) is 0 Å². The van der Waals surface area contributed by atoms with Crippen molar-refractivity contribution >= 4 is 32.8 Å². The average molecular weight is 463 g/mol. The Morgan fingerprint density at radius 2 is 1.80 bits per heavy atom. The lowest BCUT2D eigenvalue weighted by atomic mass is 9.99. The van der Waals surface area contributed by atoms with Crippen LogP contribution < -0.4 is 10.1 Å². The molecule has 0 fully saturated rings. The van der Waals surface area contributed by atoms with Crippen LogP contribution in [0.1, 0.15) is 19.8 Å². The highest BCUT2D eigenvalue weighted by atomic mass is 79.9. The van der Waals surface area contributed by atoms with Gasteiger partial charge in [-0.2, -0.15) is 0 Å². The fraction of sp³-hybridized carbons (Fsp3) is 0.208. The van der Waals surface area contributed by atoms with Gasteiger partial charge in [0.15, 0.2) is 5.65 Å². The fourth-order valence-corrected chi connectivity index (χ4v) is 3.70. The van der Waals surface area contributed by atoms with Gasteiger partial charge in [0.1, 0.15) is 17.9 Å². The first kappa shape index (κ1) is 20.3. The number of anilines is 1. The Labute approximate surface area is 184 Å². The second kappa shape index (κ2) is 9.22. The highest BCUT2D eigenvalue weighted by Crippen LogP contribution is 2.37. The predicted molar refractivity (Wildman–Crippen MR) is 126 cm³/mol. The standard InChI is InChI=1S/C24H23BrN4O/c1-3-4-13-26-23-22-19(16-9-11-17(25)12-10-16)14-20(29-24(22)28-15-27-23)18-7-5-6-8-21(18)30-2/h5-12,14-15H,3-4,13H2,1-2H3,(H,26,27,28,29). The smallest absolute Gasteiger partial charge is 0.165 e. The van der Waals surface area contributed by atoms with Gasteiger partial charge in [-0.05, 0) is 47.9 Å². The third kappa shape index (κ3) is 4.14. The molecular formula is C24H23BrN4O. The number of hydrogen-bond acceptors (Lipinski definition) is 5. The van der Waals surface area contributed by atoms with E-state index in [2.05, 4.69) is 56.3 Å². The number of pyridine rings is 1. The molecule has 5 nitrogen and oxygen atoms in total. The van der Waals surface area contributed by atoms with Gasteiger partial charge in [-0.15, -0.1) is 0 Å². The van der Waals surface area contributed by atoms with Crippen LogP contribution in [0.3, 0.4) is 0 Å². The lowest BCUT2D eigenvalue weighted by Gasteiger charge is -2.15. The average Bonchev–Trinajstić information content (AvgIpc) is 2.79. The molecule has 4 rings (SSSR count). The largest absolute Gasteiger partial charge is 0.496 e. The zero-order valence-corrected chi connectivity index (χ0v) is 18.6. The molecule has 30 heavy (non-hydrogen) atoms. The number of fused-ring (bicyclic) bond motifs is 1. The number of hydrogen-bond donors (Lipinski definition) is 1. The van der Waals surface area contributed by atoms with Gasteiger partial charge in [0, 0.05) is 16.6 Å². The van der Waals surface area contributed by atoms with Crippen molar-refractivity contribution in [3.8, 4) is 28.1 Å². The number of aromatic nitrogens is 3. The molecule has 2 aromatic heterocycles. The van der Waals surface area contributed by atoms with Crippen LogP contribution in [0.4, 0.5) is 5.82 Å². The van der Waals surface area contributed by atoms with E-state index in [1.807, 2.05) is 36.4 Å².